The predicted octanol–water partition coefficient (Wildman–Crippen LogP) is 11.3. The number of ether oxygens (including phenoxy) is 3. The van der Waals surface area contributed by atoms with Crippen molar-refractivity contribution in [3.63, 3.8) is 0 Å². The smallest absolute Gasteiger partial charge is 0.423 e. The molecule has 0 amide bonds. The van der Waals surface area contributed by atoms with Gasteiger partial charge in [-0.1, -0.05) is 76.2 Å². The Bertz CT molecular complexity index is 1540. The van der Waals surface area contributed by atoms with Gasteiger partial charge in [0.1, 0.15) is 28.6 Å². The molecule has 0 radical (unpaired) electrons. The molecule has 6 heteroatoms. The number of carbonyl (C=O) groups excluding carboxylic acids is 2. The summed E-state index contributed by atoms with van der Waals surface area (Å²) in [5, 5.41) is 11.1. The Morgan fingerprint density at radius 3 is 2.14 bits per heavy atom. The number of unbranched alkanes of at least 4 members (excludes halogenated alkanes) is 4. The van der Waals surface area contributed by atoms with Crippen LogP contribution < -0.4 is 14.2 Å². The van der Waals surface area contributed by atoms with Crippen LogP contribution in [-0.2, 0) is 28.9 Å². The third-order valence-corrected chi connectivity index (χ3v) is 10.6. The molecular formula is C44H62O6. The van der Waals surface area contributed by atoms with E-state index in [4.69, 9.17) is 14.2 Å². The fraction of sp³-hybridized carbons (Fsp3) is 0.591. The van der Waals surface area contributed by atoms with Gasteiger partial charge in [-0.3, -0.25) is 0 Å². The van der Waals surface area contributed by atoms with Crippen molar-refractivity contribution in [2.45, 2.75) is 157 Å². The Morgan fingerprint density at radius 1 is 0.880 bits per heavy atom. The summed E-state index contributed by atoms with van der Waals surface area (Å²) in [4.78, 5) is 27.2. The molecular weight excluding hydrogens is 624 g/mol. The summed E-state index contributed by atoms with van der Waals surface area (Å²) in [6, 6.07) is 7.60. The molecule has 6 nitrogen and oxygen atoms in total. The molecule has 3 atom stereocenters. The molecule has 1 aliphatic carbocycles. The molecule has 2 aromatic carbocycles. The lowest BCUT2D eigenvalue weighted by Gasteiger charge is -2.49. The molecule has 1 N–H and O–H groups in total. The highest BCUT2D eigenvalue weighted by Gasteiger charge is 2.47. The fourth-order valence-electron chi connectivity index (χ4n) is 7.76. The van der Waals surface area contributed by atoms with Gasteiger partial charge in [0.05, 0.1) is 0 Å². The zero-order valence-corrected chi connectivity index (χ0v) is 32.1. The van der Waals surface area contributed by atoms with E-state index in [9.17, 15) is 14.7 Å². The van der Waals surface area contributed by atoms with E-state index in [0.29, 0.717) is 23.7 Å². The molecule has 1 aliphatic heterocycles. The highest BCUT2D eigenvalue weighted by Crippen LogP contribution is 2.55. The van der Waals surface area contributed by atoms with E-state index >= 15 is 0 Å². The van der Waals surface area contributed by atoms with Crippen molar-refractivity contribution in [2.75, 3.05) is 0 Å². The van der Waals surface area contributed by atoms with E-state index in [1.807, 2.05) is 6.07 Å². The van der Waals surface area contributed by atoms with Crippen molar-refractivity contribution in [1.82, 2.24) is 0 Å². The lowest BCUT2D eigenvalue weighted by atomic mass is 9.64. The first kappa shape index (κ1) is 39.2. The third kappa shape index (κ3) is 10.5. The summed E-state index contributed by atoms with van der Waals surface area (Å²) in [6.07, 6.45) is 17.5. The van der Waals surface area contributed by atoms with Crippen molar-refractivity contribution in [2.24, 2.45) is 11.8 Å². The molecule has 50 heavy (non-hydrogen) atoms. The number of aryl methyl sites for hydroxylation is 2. The average molecular weight is 687 g/mol. The number of hydrogen-bond acceptors (Lipinski definition) is 6. The number of allylic oxidation sites excluding steroid dienone is 4. The summed E-state index contributed by atoms with van der Waals surface area (Å²) in [5.74, 6) is 0.238. The zero-order chi connectivity index (χ0) is 36.4. The molecule has 1 saturated carbocycles. The summed E-state index contributed by atoms with van der Waals surface area (Å²) < 4.78 is 18.5. The molecule has 0 bridgehead atoms. The molecule has 0 saturated heterocycles. The number of phenolic OH excluding ortho intramolecular Hbond substituents is 1. The van der Waals surface area contributed by atoms with Gasteiger partial charge >= 0.3 is 11.9 Å². The zero-order valence-electron chi connectivity index (χ0n) is 32.1. The van der Waals surface area contributed by atoms with Crippen LogP contribution in [0.2, 0.25) is 0 Å². The second-order valence-corrected chi connectivity index (χ2v) is 15.7. The van der Waals surface area contributed by atoms with E-state index < -0.39 is 11.9 Å². The summed E-state index contributed by atoms with van der Waals surface area (Å²) >= 11 is 0. The van der Waals surface area contributed by atoms with Gasteiger partial charge in [0, 0.05) is 17.0 Å². The van der Waals surface area contributed by atoms with E-state index in [-0.39, 0.29) is 28.9 Å². The molecule has 0 aromatic heterocycles. The highest BCUT2D eigenvalue weighted by atomic mass is 16.6. The van der Waals surface area contributed by atoms with Gasteiger partial charge in [-0.2, -0.15) is 0 Å². The number of hydrogen-bond donors (Lipinski definition) is 1. The maximum absolute atomic E-state index is 13.6. The normalized spacial score (nSPS) is 19.5. The number of benzene rings is 2. The summed E-state index contributed by atoms with van der Waals surface area (Å²) in [5.41, 5.74) is 5.39. The van der Waals surface area contributed by atoms with Crippen molar-refractivity contribution in [1.29, 1.82) is 0 Å². The Labute approximate surface area is 301 Å². The minimum absolute atomic E-state index is 0.0644. The Hall–Kier alpha value is -3.54. The monoisotopic (exact) mass is 686 g/mol. The molecule has 274 valence electrons. The lowest BCUT2D eigenvalue weighted by Crippen LogP contribution is -2.47. The van der Waals surface area contributed by atoms with Crippen LogP contribution in [0.3, 0.4) is 0 Å². The Balaban J connectivity index is 1.63. The van der Waals surface area contributed by atoms with Crippen LogP contribution in [0.5, 0.6) is 23.0 Å². The molecule has 0 unspecified atom stereocenters. The number of rotatable bonds is 15. The van der Waals surface area contributed by atoms with Crippen LogP contribution in [0.4, 0.5) is 0 Å². The molecule has 0 spiro atoms. The Morgan fingerprint density at radius 2 is 1.50 bits per heavy atom. The van der Waals surface area contributed by atoms with Crippen molar-refractivity contribution in [3.05, 3.63) is 69.8 Å². The van der Waals surface area contributed by atoms with Gasteiger partial charge in [0.15, 0.2) is 0 Å². The van der Waals surface area contributed by atoms with E-state index in [1.54, 1.807) is 12.1 Å². The topological polar surface area (TPSA) is 82.1 Å². The quantitative estimate of drug-likeness (QED) is 0.0660. The van der Waals surface area contributed by atoms with Crippen LogP contribution in [0.25, 0.3) is 0 Å². The SMILES string of the molecule is CCCCCc1cc(O)c(C/C=C(\C)CCC=C(C)C)c(OC(=O)C(=O)Oc2cc(CCCCC)cc3c2[C@@H]2C[C@H](C)CC[C@H]2C(C)(C)O3)c1. The second kappa shape index (κ2) is 18.1. The molecule has 1 fully saturated rings. The first-order valence-corrected chi connectivity index (χ1v) is 19.3. The lowest BCUT2D eigenvalue weighted by molar-refractivity contribution is -0.156. The van der Waals surface area contributed by atoms with E-state index in [2.05, 4.69) is 73.6 Å². The van der Waals surface area contributed by atoms with Crippen LogP contribution in [0.1, 0.15) is 154 Å². The van der Waals surface area contributed by atoms with Gasteiger partial charge in [-0.25, -0.2) is 9.59 Å². The number of aromatic hydroxyl groups is 1. The van der Waals surface area contributed by atoms with Gasteiger partial charge in [-0.05, 0) is 140 Å². The summed E-state index contributed by atoms with van der Waals surface area (Å²) in [7, 11) is 0. The third-order valence-electron chi connectivity index (χ3n) is 10.6. The Kier molecular flexibility index (Phi) is 14.2. The van der Waals surface area contributed by atoms with Crippen molar-refractivity contribution < 1.29 is 28.9 Å². The first-order valence-electron chi connectivity index (χ1n) is 19.3. The van der Waals surface area contributed by atoms with Crippen LogP contribution in [0, 0.1) is 11.8 Å². The van der Waals surface area contributed by atoms with E-state index in [0.717, 1.165) is 106 Å². The van der Waals surface area contributed by atoms with Gasteiger partial charge in [0.2, 0.25) is 0 Å². The van der Waals surface area contributed by atoms with Crippen molar-refractivity contribution in [3.8, 4) is 23.0 Å². The molecule has 2 aliphatic rings. The van der Waals surface area contributed by atoms with E-state index in [1.165, 1.54) is 11.1 Å². The largest absolute Gasteiger partial charge is 0.508 e. The number of phenols is 1. The average Bonchev–Trinajstić information content (AvgIpc) is 3.03. The minimum Gasteiger partial charge on any atom is -0.508 e. The van der Waals surface area contributed by atoms with Crippen LogP contribution in [0.15, 0.2) is 47.6 Å². The van der Waals surface area contributed by atoms with Crippen molar-refractivity contribution >= 4 is 11.9 Å². The molecule has 4 rings (SSSR count). The van der Waals surface area contributed by atoms with Gasteiger partial charge in [0.25, 0.3) is 0 Å². The number of esters is 2. The van der Waals surface area contributed by atoms with Gasteiger partial charge < -0.3 is 19.3 Å². The molecule has 1 heterocycles. The predicted molar refractivity (Wildman–Crippen MR) is 202 cm³/mol. The fourth-order valence-corrected chi connectivity index (χ4v) is 7.76. The first-order chi connectivity index (χ1) is 23.8. The highest BCUT2D eigenvalue weighted by molar-refractivity contribution is 6.31. The van der Waals surface area contributed by atoms with Gasteiger partial charge in [-0.15, -0.1) is 0 Å². The van der Waals surface area contributed by atoms with Crippen LogP contribution >= 0.6 is 0 Å². The number of fused-ring (bicyclic) bond motifs is 3. The maximum Gasteiger partial charge on any atom is 0.423 e. The minimum atomic E-state index is -1.10. The summed E-state index contributed by atoms with van der Waals surface area (Å²) in [6.45, 7) is 17.2. The number of carbonyl (C=O) groups is 2. The molecule has 2 aromatic rings. The van der Waals surface area contributed by atoms with Crippen LogP contribution in [-0.4, -0.2) is 22.6 Å². The second-order valence-electron chi connectivity index (χ2n) is 15.7. The maximum atomic E-state index is 13.6. The standard InChI is InChI=1S/C44H62O6/c1-9-11-13-18-32-25-37(45)34(22-20-30(5)17-15-16-29(3)4)38(26-32)48-42(46)43(47)49-39-27-33(19-14-12-10-2)28-40-41(39)35-24-31(6)21-23-36(35)44(7,8)50-40/h16,20,25-28,31,35-36,45H,9-15,17-19,21-24H2,1-8H3/b30-20+/t31-,35-,36-/m1/s1.